The minimum atomic E-state index is -4.47. The fraction of sp³-hybridized carbons (Fsp3) is 0.500. The fourth-order valence-electron chi connectivity index (χ4n) is 5.29. The smallest absolute Gasteiger partial charge is 0.369 e. The Labute approximate surface area is 185 Å². The number of alkyl halides is 3. The van der Waals surface area contributed by atoms with Crippen molar-refractivity contribution in [1.29, 1.82) is 5.26 Å². The van der Waals surface area contributed by atoms with Crippen LogP contribution >= 0.6 is 0 Å². The van der Waals surface area contributed by atoms with Gasteiger partial charge in [-0.15, -0.1) is 0 Å². The number of hydrogen-bond acceptors (Lipinski definition) is 4. The van der Waals surface area contributed by atoms with E-state index < -0.39 is 22.9 Å². The third kappa shape index (κ3) is 3.30. The zero-order valence-electron chi connectivity index (χ0n) is 18.3. The Morgan fingerprint density at radius 2 is 1.84 bits per heavy atom. The molecule has 2 aromatic carbocycles. The monoisotopic (exact) mass is 444 g/mol. The summed E-state index contributed by atoms with van der Waals surface area (Å²) in [5.41, 5.74) is -2.40. The molecule has 1 N–H and O–H groups in total. The van der Waals surface area contributed by atoms with E-state index >= 15 is 0 Å². The third-order valence-electron chi connectivity index (χ3n) is 7.26. The molecule has 0 bridgehead atoms. The quantitative estimate of drug-likeness (QED) is 0.703. The van der Waals surface area contributed by atoms with E-state index in [1.54, 1.807) is 35.2 Å². The number of likely N-dealkylation sites (N-methyl/N-ethyl adjacent to an activating group) is 1. The number of fused-ring (bicyclic) bond motifs is 2. The number of anilines is 1. The summed E-state index contributed by atoms with van der Waals surface area (Å²) in [6.07, 6.45) is -4.65. The number of carbonyl (C=O) groups is 1. The van der Waals surface area contributed by atoms with E-state index in [0.717, 1.165) is 18.5 Å². The summed E-state index contributed by atoms with van der Waals surface area (Å²) in [6, 6.07) is 12.7. The number of nitrogens with one attached hydrogen (secondary N) is 1. The van der Waals surface area contributed by atoms with Crippen molar-refractivity contribution < 1.29 is 18.0 Å². The van der Waals surface area contributed by atoms with Crippen LogP contribution in [0.1, 0.15) is 25.8 Å². The van der Waals surface area contributed by atoms with E-state index in [-0.39, 0.29) is 19.5 Å². The van der Waals surface area contributed by atoms with Gasteiger partial charge < -0.3 is 15.1 Å². The van der Waals surface area contributed by atoms with Crippen LogP contribution < -0.4 is 10.2 Å². The average Bonchev–Trinajstić information content (AvgIpc) is 3.33. The predicted molar refractivity (Wildman–Crippen MR) is 117 cm³/mol. The van der Waals surface area contributed by atoms with Crippen molar-refractivity contribution >= 4 is 22.4 Å². The normalized spacial score (nSPS) is 24.5. The molecule has 5 nitrogen and oxygen atoms in total. The van der Waals surface area contributed by atoms with Crippen molar-refractivity contribution in [2.24, 2.45) is 10.8 Å². The molecule has 0 spiro atoms. The van der Waals surface area contributed by atoms with Gasteiger partial charge in [-0.3, -0.25) is 4.79 Å². The first kappa shape index (κ1) is 22.4. The van der Waals surface area contributed by atoms with Gasteiger partial charge >= 0.3 is 6.18 Å². The van der Waals surface area contributed by atoms with Gasteiger partial charge in [-0.2, -0.15) is 18.4 Å². The van der Waals surface area contributed by atoms with E-state index in [4.69, 9.17) is 0 Å². The zero-order valence-corrected chi connectivity index (χ0v) is 18.3. The summed E-state index contributed by atoms with van der Waals surface area (Å²) in [6.45, 7) is 6.36. The maximum atomic E-state index is 14.2. The van der Waals surface area contributed by atoms with Crippen molar-refractivity contribution in [3.05, 3.63) is 42.0 Å². The molecule has 170 valence electrons. The Morgan fingerprint density at radius 3 is 2.47 bits per heavy atom. The molecular weight excluding hydrogens is 417 g/mol. The molecule has 2 aromatic rings. The lowest BCUT2D eigenvalue weighted by molar-refractivity contribution is -0.191. The maximum Gasteiger partial charge on any atom is 0.397 e. The molecule has 0 aromatic heterocycles. The van der Waals surface area contributed by atoms with Gasteiger partial charge in [0.2, 0.25) is 5.91 Å². The Morgan fingerprint density at radius 1 is 1.16 bits per heavy atom. The second-order valence-corrected chi connectivity index (χ2v) is 8.77. The van der Waals surface area contributed by atoms with E-state index in [0.29, 0.717) is 29.7 Å². The predicted octanol–water partition coefficient (Wildman–Crippen LogP) is 3.93. The largest absolute Gasteiger partial charge is 0.397 e. The van der Waals surface area contributed by atoms with Crippen LogP contribution in [0.3, 0.4) is 0 Å². The lowest BCUT2D eigenvalue weighted by Crippen LogP contribution is -2.43. The summed E-state index contributed by atoms with van der Waals surface area (Å²) in [4.78, 5) is 16.8. The van der Waals surface area contributed by atoms with Crippen LogP contribution in [0.15, 0.2) is 36.4 Å². The summed E-state index contributed by atoms with van der Waals surface area (Å²) in [5, 5.41) is 13.6. The molecule has 1 saturated carbocycles. The molecule has 1 aliphatic heterocycles. The second kappa shape index (κ2) is 7.96. The Hall–Kier alpha value is -2.79. The van der Waals surface area contributed by atoms with Gasteiger partial charge in [0.25, 0.3) is 0 Å². The van der Waals surface area contributed by atoms with Crippen molar-refractivity contribution in [2.45, 2.75) is 26.4 Å². The van der Waals surface area contributed by atoms with E-state index in [9.17, 15) is 23.2 Å². The Balaban J connectivity index is 1.62. The van der Waals surface area contributed by atoms with E-state index in [2.05, 4.69) is 16.3 Å². The molecular formula is C24H27F3N4O. The molecule has 8 heteroatoms. The summed E-state index contributed by atoms with van der Waals surface area (Å²) in [5.74, 6) is -0.512. The maximum absolute atomic E-state index is 14.2. The first-order valence-corrected chi connectivity index (χ1v) is 11.0. The van der Waals surface area contributed by atoms with Crippen LogP contribution in [-0.4, -0.2) is 56.3 Å². The number of halogens is 3. The van der Waals surface area contributed by atoms with Gasteiger partial charge in [0.05, 0.1) is 17.0 Å². The molecule has 2 fully saturated rings. The first-order valence-electron chi connectivity index (χ1n) is 11.0. The fourth-order valence-corrected chi connectivity index (χ4v) is 5.29. The van der Waals surface area contributed by atoms with Gasteiger partial charge in [-0.1, -0.05) is 38.1 Å². The highest BCUT2D eigenvalue weighted by Crippen LogP contribution is 2.75. The standard InChI is InChI=1S/C24H27F3N4O/c1-3-30(4-2)12-11-29-21(32)22-14-23(22,24(25,26)27)16-31(15-22)20-10-9-17(13-28)18-7-5-6-8-19(18)20/h5-10H,3-4,11-12,14-16H2,1-2H3,(H,29,32). The van der Waals surface area contributed by atoms with E-state index in [1.165, 1.54) is 0 Å². The molecule has 1 saturated heterocycles. The number of nitriles is 1. The van der Waals surface area contributed by atoms with Crippen LogP contribution in [0.25, 0.3) is 10.8 Å². The summed E-state index contributed by atoms with van der Waals surface area (Å²) >= 11 is 0. The van der Waals surface area contributed by atoms with E-state index in [1.807, 2.05) is 19.9 Å². The molecule has 0 radical (unpaired) electrons. The van der Waals surface area contributed by atoms with Crippen LogP contribution in [0.2, 0.25) is 0 Å². The van der Waals surface area contributed by atoms with Crippen LogP contribution in [-0.2, 0) is 4.79 Å². The van der Waals surface area contributed by atoms with Crippen LogP contribution in [0.5, 0.6) is 0 Å². The number of benzene rings is 2. The van der Waals surface area contributed by atoms with Crippen LogP contribution in [0.4, 0.5) is 18.9 Å². The van der Waals surface area contributed by atoms with Gasteiger partial charge in [0.1, 0.15) is 5.41 Å². The SMILES string of the molecule is CCN(CC)CCNC(=O)C12CN(c3ccc(C#N)c4ccccc34)CC1(C(F)(F)F)C2. The molecule has 2 aliphatic rings. The first-order chi connectivity index (χ1) is 15.2. The van der Waals surface area contributed by atoms with Crippen molar-refractivity contribution in [1.82, 2.24) is 10.2 Å². The molecule has 2 unspecified atom stereocenters. The molecule has 1 heterocycles. The number of amides is 1. The molecule has 1 aliphatic carbocycles. The minimum absolute atomic E-state index is 0.0134. The van der Waals surface area contributed by atoms with Gasteiger partial charge in [0, 0.05) is 42.6 Å². The van der Waals surface area contributed by atoms with Crippen molar-refractivity contribution in [2.75, 3.05) is 44.2 Å². The number of hydrogen-bond donors (Lipinski definition) is 1. The Kier molecular flexibility index (Phi) is 5.58. The topological polar surface area (TPSA) is 59.4 Å². The highest BCUT2D eigenvalue weighted by atomic mass is 19.4. The lowest BCUT2D eigenvalue weighted by Gasteiger charge is -2.26. The van der Waals surface area contributed by atoms with Crippen molar-refractivity contribution in [3.8, 4) is 6.07 Å². The molecule has 32 heavy (non-hydrogen) atoms. The number of piperidine rings is 1. The Bertz CT molecular complexity index is 1080. The third-order valence-corrected chi connectivity index (χ3v) is 7.26. The number of carbonyl (C=O) groups excluding carboxylic acids is 1. The highest BCUT2D eigenvalue weighted by Gasteiger charge is 2.86. The molecule has 1 amide bonds. The highest BCUT2D eigenvalue weighted by molar-refractivity contribution is 5.99. The van der Waals surface area contributed by atoms with Gasteiger partial charge in [0.15, 0.2) is 0 Å². The summed E-state index contributed by atoms with van der Waals surface area (Å²) in [7, 11) is 0. The lowest BCUT2D eigenvalue weighted by atomic mass is 9.94. The average molecular weight is 445 g/mol. The number of rotatable bonds is 7. The second-order valence-electron chi connectivity index (χ2n) is 8.77. The summed E-state index contributed by atoms with van der Waals surface area (Å²) < 4.78 is 42.6. The molecule has 2 atom stereocenters. The number of nitrogens with zero attached hydrogens (tertiary/aromatic N) is 3. The van der Waals surface area contributed by atoms with Crippen molar-refractivity contribution in [3.63, 3.8) is 0 Å². The zero-order chi connectivity index (χ0) is 23.1. The van der Waals surface area contributed by atoms with Crippen LogP contribution in [0, 0.1) is 22.2 Å². The molecule has 4 rings (SSSR count). The minimum Gasteiger partial charge on any atom is -0.369 e. The van der Waals surface area contributed by atoms with Gasteiger partial charge in [-0.25, -0.2) is 0 Å². The van der Waals surface area contributed by atoms with Gasteiger partial charge in [-0.05, 0) is 31.6 Å².